The maximum atomic E-state index is 10.8. The molecule has 0 saturated carbocycles. The van der Waals surface area contributed by atoms with Gasteiger partial charge < -0.3 is 9.15 Å². The van der Waals surface area contributed by atoms with E-state index < -0.39 is 0 Å². The number of methoxy groups -OCH3 is 1. The second kappa shape index (κ2) is 5.41. The Morgan fingerprint density at radius 2 is 2.08 bits per heavy atom. The number of hydrogen-bond donors (Lipinski definition) is 0. The van der Waals surface area contributed by atoms with Crippen LogP contribution in [0.25, 0.3) is 0 Å². The van der Waals surface area contributed by atoms with Crippen LogP contribution in [-0.2, 0) is 4.74 Å². The molecule has 0 amide bonds. The van der Waals surface area contributed by atoms with E-state index in [1.165, 1.54) is 13.4 Å². The highest BCUT2D eigenvalue weighted by Crippen LogP contribution is 2.08. The maximum absolute atomic E-state index is 10.8. The van der Waals surface area contributed by atoms with Gasteiger partial charge in [-0.3, -0.25) is 0 Å². The first kappa shape index (κ1) is 10.8. The molecule has 12 heavy (non-hydrogen) atoms. The van der Waals surface area contributed by atoms with Crippen LogP contribution >= 0.6 is 0 Å². The van der Waals surface area contributed by atoms with Crippen LogP contribution < -0.4 is 0 Å². The van der Waals surface area contributed by atoms with Crippen molar-refractivity contribution in [2.24, 2.45) is 0 Å². The number of carbonyl (C=O) groups excluding carboxylic acids is 1. The summed E-state index contributed by atoms with van der Waals surface area (Å²) in [5.74, 6) is 0.234. The molecule has 1 aromatic rings. The molecule has 68 valence electrons. The highest BCUT2D eigenvalue weighted by Gasteiger charge is 2.09. The van der Waals surface area contributed by atoms with Crippen molar-refractivity contribution in [1.29, 1.82) is 0 Å². The van der Waals surface area contributed by atoms with Crippen molar-refractivity contribution in [3.63, 3.8) is 0 Å². The highest BCUT2D eigenvalue weighted by atomic mass is 16.5. The number of furan rings is 1. The van der Waals surface area contributed by atoms with Gasteiger partial charge in [-0.2, -0.15) is 0 Å². The number of esters is 1. The van der Waals surface area contributed by atoms with Crippen LogP contribution in [0.3, 0.4) is 0 Å². The molecule has 0 N–H and O–H groups in total. The van der Waals surface area contributed by atoms with E-state index in [4.69, 9.17) is 4.42 Å². The third kappa shape index (κ3) is 2.42. The average molecular weight is 170 g/mol. The fraction of sp³-hybridized carbons (Fsp3) is 0.444. The lowest BCUT2D eigenvalue weighted by Gasteiger charge is -1.93. The Morgan fingerprint density at radius 3 is 2.42 bits per heavy atom. The highest BCUT2D eigenvalue weighted by molar-refractivity contribution is 5.90. The van der Waals surface area contributed by atoms with Gasteiger partial charge in [-0.1, -0.05) is 13.8 Å². The molecule has 3 nitrogen and oxygen atoms in total. The summed E-state index contributed by atoms with van der Waals surface area (Å²) in [6.45, 7) is 5.71. The minimum absolute atomic E-state index is 0.355. The lowest BCUT2D eigenvalue weighted by Crippen LogP contribution is -2.00. The number of ether oxygens (including phenoxy) is 1. The number of aryl methyl sites for hydroxylation is 1. The first-order chi connectivity index (χ1) is 5.75. The fourth-order valence-electron chi connectivity index (χ4n) is 0.707. The van der Waals surface area contributed by atoms with E-state index >= 15 is 0 Å². The van der Waals surface area contributed by atoms with Crippen molar-refractivity contribution >= 4 is 5.97 Å². The first-order valence-electron chi connectivity index (χ1n) is 3.88. The molecule has 0 saturated heterocycles. The normalized spacial score (nSPS) is 8.33. The van der Waals surface area contributed by atoms with Crippen LogP contribution in [0.1, 0.15) is 30.0 Å². The third-order valence-corrected chi connectivity index (χ3v) is 1.26. The Hall–Kier alpha value is -1.25. The predicted molar refractivity (Wildman–Crippen MR) is 46.1 cm³/mol. The molecule has 3 heteroatoms. The molecule has 0 bridgehead atoms. The number of rotatable bonds is 1. The van der Waals surface area contributed by atoms with Crippen molar-refractivity contribution in [3.8, 4) is 0 Å². The Morgan fingerprint density at radius 1 is 1.50 bits per heavy atom. The Balaban J connectivity index is 0.000000561. The van der Waals surface area contributed by atoms with E-state index in [0.29, 0.717) is 11.3 Å². The SMILES string of the molecule is CC.COC(=O)c1ccoc1C. The lowest BCUT2D eigenvalue weighted by molar-refractivity contribution is 0.0599. The molecule has 1 rings (SSSR count). The van der Waals surface area contributed by atoms with Gasteiger partial charge in [-0.15, -0.1) is 0 Å². The molecule has 0 atom stereocenters. The molecule has 0 aliphatic rings. The van der Waals surface area contributed by atoms with Crippen LogP contribution in [0.5, 0.6) is 0 Å². The molecule has 0 unspecified atom stereocenters. The second-order valence-corrected chi connectivity index (χ2v) is 1.88. The second-order valence-electron chi connectivity index (χ2n) is 1.88. The zero-order valence-corrected chi connectivity index (χ0v) is 7.88. The summed E-state index contributed by atoms with van der Waals surface area (Å²) < 4.78 is 9.36. The molecule has 0 fully saturated rings. The van der Waals surface area contributed by atoms with Crippen LogP contribution in [0, 0.1) is 6.92 Å². The molecular formula is C9H14O3. The van der Waals surface area contributed by atoms with Crippen LogP contribution in [0.2, 0.25) is 0 Å². The van der Waals surface area contributed by atoms with Gasteiger partial charge in [-0.05, 0) is 13.0 Å². The van der Waals surface area contributed by atoms with Gasteiger partial charge in [0.15, 0.2) is 0 Å². The fourth-order valence-corrected chi connectivity index (χ4v) is 0.707. The van der Waals surface area contributed by atoms with Crippen LogP contribution in [0.15, 0.2) is 16.7 Å². The largest absolute Gasteiger partial charge is 0.469 e. The minimum atomic E-state index is -0.355. The van der Waals surface area contributed by atoms with Gasteiger partial charge in [0.25, 0.3) is 0 Å². The summed E-state index contributed by atoms with van der Waals surface area (Å²) in [5.41, 5.74) is 0.488. The molecule has 0 aliphatic heterocycles. The van der Waals surface area contributed by atoms with E-state index in [9.17, 15) is 4.79 Å². The minimum Gasteiger partial charge on any atom is -0.469 e. The maximum Gasteiger partial charge on any atom is 0.341 e. The predicted octanol–water partition coefficient (Wildman–Crippen LogP) is 2.40. The van der Waals surface area contributed by atoms with Gasteiger partial charge in [0, 0.05) is 0 Å². The molecule has 0 aliphatic carbocycles. The van der Waals surface area contributed by atoms with Gasteiger partial charge in [0.1, 0.15) is 11.3 Å². The third-order valence-electron chi connectivity index (χ3n) is 1.26. The smallest absolute Gasteiger partial charge is 0.341 e. The zero-order valence-electron chi connectivity index (χ0n) is 7.88. The van der Waals surface area contributed by atoms with Gasteiger partial charge in [0.2, 0.25) is 0 Å². The van der Waals surface area contributed by atoms with Gasteiger partial charge >= 0.3 is 5.97 Å². The summed E-state index contributed by atoms with van der Waals surface area (Å²) in [7, 11) is 1.34. The van der Waals surface area contributed by atoms with Crippen molar-refractivity contribution in [1.82, 2.24) is 0 Å². The van der Waals surface area contributed by atoms with Crippen LogP contribution in [0.4, 0.5) is 0 Å². The monoisotopic (exact) mass is 170 g/mol. The van der Waals surface area contributed by atoms with Gasteiger partial charge in [-0.25, -0.2) is 4.79 Å². The molecule has 0 radical (unpaired) electrons. The quantitative estimate of drug-likeness (QED) is 0.607. The van der Waals surface area contributed by atoms with E-state index in [1.54, 1.807) is 13.0 Å². The van der Waals surface area contributed by atoms with E-state index in [0.717, 1.165) is 0 Å². The Labute approximate surface area is 72.3 Å². The molecule has 0 spiro atoms. The summed E-state index contributed by atoms with van der Waals surface area (Å²) in [6, 6.07) is 1.58. The summed E-state index contributed by atoms with van der Waals surface area (Å²) in [5, 5.41) is 0. The number of carbonyl (C=O) groups is 1. The molecule has 0 aromatic carbocycles. The molecular weight excluding hydrogens is 156 g/mol. The zero-order chi connectivity index (χ0) is 9.56. The number of hydrogen-bond acceptors (Lipinski definition) is 3. The summed E-state index contributed by atoms with van der Waals surface area (Å²) >= 11 is 0. The van der Waals surface area contributed by atoms with Gasteiger partial charge in [0.05, 0.1) is 13.4 Å². The van der Waals surface area contributed by atoms with E-state index in [2.05, 4.69) is 4.74 Å². The Bertz CT molecular complexity index is 238. The van der Waals surface area contributed by atoms with E-state index in [1.807, 2.05) is 13.8 Å². The lowest BCUT2D eigenvalue weighted by atomic mass is 10.3. The first-order valence-corrected chi connectivity index (χ1v) is 3.88. The van der Waals surface area contributed by atoms with Crippen molar-refractivity contribution < 1.29 is 13.9 Å². The molecule has 1 aromatic heterocycles. The summed E-state index contributed by atoms with van der Waals surface area (Å²) in [4.78, 5) is 10.8. The van der Waals surface area contributed by atoms with Crippen molar-refractivity contribution in [2.75, 3.05) is 7.11 Å². The summed E-state index contributed by atoms with van der Waals surface area (Å²) in [6.07, 6.45) is 1.46. The topological polar surface area (TPSA) is 39.4 Å². The van der Waals surface area contributed by atoms with Crippen molar-refractivity contribution in [3.05, 3.63) is 23.7 Å². The Kier molecular flexibility index (Phi) is 4.84. The average Bonchev–Trinajstić information content (AvgIpc) is 2.54. The van der Waals surface area contributed by atoms with Crippen molar-refractivity contribution in [2.45, 2.75) is 20.8 Å². The van der Waals surface area contributed by atoms with Crippen LogP contribution in [-0.4, -0.2) is 13.1 Å². The van der Waals surface area contributed by atoms with E-state index in [-0.39, 0.29) is 5.97 Å². The molecule has 1 heterocycles. The standard InChI is InChI=1S/C7H8O3.C2H6/c1-5-6(3-4-10-5)7(8)9-2;1-2/h3-4H,1-2H3;1-2H3.